The molecule has 12 heteroatoms. The molecule has 0 N–H and O–H groups in total. The molecule has 0 bridgehead atoms. The van der Waals surface area contributed by atoms with Gasteiger partial charge < -0.3 is 18.7 Å². The van der Waals surface area contributed by atoms with Crippen LogP contribution in [0.25, 0.3) is 22.8 Å². The van der Waals surface area contributed by atoms with Crippen LogP contribution in [-0.2, 0) is 16.0 Å². The van der Waals surface area contributed by atoms with Crippen LogP contribution in [0, 0.1) is 0 Å². The number of piperidine rings is 1. The van der Waals surface area contributed by atoms with Gasteiger partial charge in [-0.05, 0) is 50.5 Å². The average Bonchev–Trinajstić information content (AvgIpc) is 3.70. The number of hydrogen-bond acceptors (Lipinski definition) is 10. The van der Waals surface area contributed by atoms with Crippen molar-refractivity contribution in [1.82, 2.24) is 25.2 Å². The number of nitrogens with zero attached hydrogens (tertiary/aromatic N) is 5. The van der Waals surface area contributed by atoms with Crippen LogP contribution in [0.4, 0.5) is 0 Å². The topological polar surface area (TPSA) is 124 Å². The zero-order valence-electron chi connectivity index (χ0n) is 20.8. The van der Waals surface area contributed by atoms with Gasteiger partial charge in [0.05, 0.1) is 11.6 Å². The van der Waals surface area contributed by atoms with E-state index in [0.717, 1.165) is 23.4 Å². The molecule has 0 spiro atoms. The Hall–Kier alpha value is -3.57. The third-order valence-corrected chi connectivity index (χ3v) is 7.58. The van der Waals surface area contributed by atoms with Crippen molar-refractivity contribution in [1.29, 1.82) is 0 Å². The minimum Gasteiger partial charge on any atom is -0.461 e. The summed E-state index contributed by atoms with van der Waals surface area (Å²) in [6.07, 6.45) is 3.31. The molecular weight excluding hydrogens is 530 g/mol. The highest BCUT2D eigenvalue weighted by Gasteiger charge is 2.26. The van der Waals surface area contributed by atoms with E-state index in [9.17, 15) is 9.59 Å². The van der Waals surface area contributed by atoms with Gasteiger partial charge in [0.2, 0.25) is 17.6 Å². The summed E-state index contributed by atoms with van der Waals surface area (Å²) < 4.78 is 15.6. The van der Waals surface area contributed by atoms with Gasteiger partial charge in [-0.2, -0.15) is 4.98 Å². The Morgan fingerprint density at radius 3 is 2.68 bits per heavy atom. The first-order valence-corrected chi connectivity index (χ1v) is 13.7. The molecule has 0 atom stereocenters. The van der Waals surface area contributed by atoms with E-state index in [4.69, 9.17) is 30.4 Å². The van der Waals surface area contributed by atoms with E-state index in [0.29, 0.717) is 60.5 Å². The van der Waals surface area contributed by atoms with E-state index < -0.39 is 5.97 Å². The second-order valence-electron chi connectivity index (χ2n) is 8.90. The highest BCUT2D eigenvalue weighted by Crippen LogP contribution is 2.33. The Bertz CT molecular complexity index is 1390. The number of amides is 1. The molecule has 4 heterocycles. The predicted molar refractivity (Wildman–Crippen MR) is 140 cm³/mol. The molecule has 5 rings (SSSR count). The SMILES string of the molecule is CCOC(=O)c1cc(-c2csc(C3CCN(C(=O)CCCc4nc(-c5ccc(Cl)cc5)no4)CC3)n2)on1. The molecule has 1 aliphatic rings. The quantitative estimate of drug-likeness (QED) is 0.249. The van der Waals surface area contributed by atoms with E-state index in [1.807, 2.05) is 22.4 Å². The molecule has 198 valence electrons. The molecule has 3 aromatic heterocycles. The lowest BCUT2D eigenvalue weighted by Crippen LogP contribution is -2.37. The van der Waals surface area contributed by atoms with E-state index in [1.165, 1.54) is 0 Å². The van der Waals surface area contributed by atoms with Crippen molar-refractivity contribution >= 4 is 34.8 Å². The van der Waals surface area contributed by atoms with Crippen molar-refractivity contribution in [3.8, 4) is 22.8 Å². The fourth-order valence-electron chi connectivity index (χ4n) is 4.28. The third-order valence-electron chi connectivity index (χ3n) is 6.32. The number of ether oxygens (including phenoxy) is 1. The maximum Gasteiger partial charge on any atom is 0.360 e. The van der Waals surface area contributed by atoms with E-state index in [1.54, 1.807) is 36.5 Å². The van der Waals surface area contributed by atoms with Crippen molar-refractivity contribution in [3.63, 3.8) is 0 Å². The lowest BCUT2D eigenvalue weighted by atomic mass is 9.97. The third kappa shape index (κ3) is 6.11. The van der Waals surface area contributed by atoms with Crippen molar-refractivity contribution in [3.05, 3.63) is 57.3 Å². The van der Waals surface area contributed by atoms with Crippen LogP contribution in [0.5, 0.6) is 0 Å². The summed E-state index contributed by atoms with van der Waals surface area (Å²) in [6.45, 7) is 3.39. The van der Waals surface area contributed by atoms with Crippen LogP contribution < -0.4 is 0 Å². The second kappa shape index (κ2) is 11.9. The standard InChI is InChI=1S/C26H26ClN5O5S/c1-2-35-26(34)19-14-21(36-30-19)20-15-38-25(28-20)17-10-12-32(13-11-17)23(33)5-3-4-22-29-24(31-37-22)16-6-8-18(27)9-7-16/h6-9,14-15,17H,2-5,10-13H2,1H3. The molecule has 4 aromatic rings. The van der Waals surface area contributed by atoms with Gasteiger partial charge in [0.15, 0.2) is 11.5 Å². The summed E-state index contributed by atoms with van der Waals surface area (Å²) in [6, 6.07) is 8.79. The smallest absolute Gasteiger partial charge is 0.360 e. The molecule has 0 unspecified atom stereocenters. The molecule has 1 amide bonds. The second-order valence-corrected chi connectivity index (χ2v) is 10.2. The fourth-order valence-corrected chi connectivity index (χ4v) is 5.39. The van der Waals surface area contributed by atoms with Crippen LogP contribution >= 0.6 is 22.9 Å². The Morgan fingerprint density at radius 2 is 1.92 bits per heavy atom. The van der Waals surface area contributed by atoms with Crippen molar-refractivity contribution in [2.45, 2.75) is 44.9 Å². The number of halogens is 1. The average molecular weight is 556 g/mol. The van der Waals surface area contributed by atoms with Crippen molar-refractivity contribution in [2.75, 3.05) is 19.7 Å². The Morgan fingerprint density at radius 1 is 1.13 bits per heavy atom. The highest BCUT2D eigenvalue weighted by atomic mass is 35.5. The summed E-state index contributed by atoms with van der Waals surface area (Å²) in [7, 11) is 0. The number of esters is 1. The minimum atomic E-state index is -0.519. The Balaban J connectivity index is 1.07. The monoisotopic (exact) mass is 555 g/mol. The molecule has 0 radical (unpaired) electrons. The van der Waals surface area contributed by atoms with Gasteiger partial charge in [-0.1, -0.05) is 21.9 Å². The maximum atomic E-state index is 12.8. The number of aryl methyl sites for hydroxylation is 1. The van der Waals surface area contributed by atoms with Gasteiger partial charge in [0.25, 0.3) is 0 Å². The van der Waals surface area contributed by atoms with Crippen LogP contribution in [0.15, 0.2) is 44.8 Å². The van der Waals surface area contributed by atoms with Gasteiger partial charge in [0, 0.05) is 53.9 Å². The summed E-state index contributed by atoms with van der Waals surface area (Å²) in [5.74, 6) is 1.35. The van der Waals surface area contributed by atoms with Gasteiger partial charge in [-0.3, -0.25) is 4.79 Å². The molecule has 0 aliphatic carbocycles. The number of carbonyl (C=O) groups excluding carboxylic acids is 2. The normalized spacial score (nSPS) is 14.1. The van der Waals surface area contributed by atoms with Crippen LogP contribution in [-0.4, -0.2) is 56.8 Å². The maximum absolute atomic E-state index is 12.8. The zero-order chi connectivity index (χ0) is 26.5. The van der Waals surface area contributed by atoms with Gasteiger partial charge in [0.1, 0.15) is 5.69 Å². The zero-order valence-corrected chi connectivity index (χ0v) is 22.3. The minimum absolute atomic E-state index is 0.129. The van der Waals surface area contributed by atoms with Crippen molar-refractivity contribution in [2.24, 2.45) is 0 Å². The van der Waals surface area contributed by atoms with E-state index in [-0.39, 0.29) is 24.1 Å². The fraction of sp³-hybridized carbons (Fsp3) is 0.385. The molecular formula is C26H26ClN5O5S. The Labute approximate surface area is 227 Å². The van der Waals surface area contributed by atoms with Gasteiger partial charge >= 0.3 is 5.97 Å². The molecule has 1 aromatic carbocycles. The van der Waals surface area contributed by atoms with E-state index >= 15 is 0 Å². The van der Waals surface area contributed by atoms with Crippen LogP contribution in [0.3, 0.4) is 0 Å². The molecule has 1 fully saturated rings. The number of thiazole rings is 1. The highest BCUT2D eigenvalue weighted by molar-refractivity contribution is 7.10. The lowest BCUT2D eigenvalue weighted by molar-refractivity contribution is -0.132. The predicted octanol–water partition coefficient (Wildman–Crippen LogP) is 5.41. The number of likely N-dealkylation sites (tertiary alicyclic amines) is 1. The number of carbonyl (C=O) groups is 2. The van der Waals surface area contributed by atoms with Gasteiger partial charge in [-0.25, -0.2) is 9.78 Å². The van der Waals surface area contributed by atoms with Crippen LogP contribution in [0.1, 0.15) is 59.9 Å². The number of hydrogen-bond donors (Lipinski definition) is 0. The summed E-state index contributed by atoms with van der Waals surface area (Å²) >= 11 is 7.48. The lowest BCUT2D eigenvalue weighted by Gasteiger charge is -2.31. The molecule has 0 saturated carbocycles. The first kappa shape index (κ1) is 26.1. The summed E-state index contributed by atoms with van der Waals surface area (Å²) in [4.78, 5) is 35.6. The molecule has 10 nitrogen and oxygen atoms in total. The van der Waals surface area contributed by atoms with Crippen LogP contribution in [0.2, 0.25) is 5.02 Å². The Kier molecular flexibility index (Phi) is 8.14. The number of benzene rings is 1. The first-order chi connectivity index (χ1) is 18.5. The first-order valence-electron chi connectivity index (χ1n) is 12.5. The summed E-state index contributed by atoms with van der Waals surface area (Å²) in [5, 5.41) is 11.3. The molecule has 1 aliphatic heterocycles. The van der Waals surface area contributed by atoms with Gasteiger partial charge in [-0.15, -0.1) is 11.3 Å². The number of rotatable bonds is 9. The molecule has 38 heavy (non-hydrogen) atoms. The molecule has 1 saturated heterocycles. The van der Waals surface area contributed by atoms with Crippen molar-refractivity contribution < 1.29 is 23.4 Å². The van der Waals surface area contributed by atoms with E-state index in [2.05, 4.69) is 15.3 Å². The largest absolute Gasteiger partial charge is 0.461 e. The number of aromatic nitrogens is 4. The summed E-state index contributed by atoms with van der Waals surface area (Å²) in [5.41, 5.74) is 1.61.